The molecule has 4 aromatic rings. The molecule has 2 aromatic carbocycles. The lowest BCUT2D eigenvalue weighted by Crippen LogP contribution is -1.96. The van der Waals surface area contributed by atoms with Gasteiger partial charge in [0.1, 0.15) is 11.6 Å². The van der Waals surface area contributed by atoms with Crippen LogP contribution in [-0.2, 0) is 13.0 Å². The summed E-state index contributed by atoms with van der Waals surface area (Å²) in [5.74, 6) is 2.01. The van der Waals surface area contributed by atoms with Crippen molar-refractivity contribution in [3.8, 4) is 28.3 Å². The van der Waals surface area contributed by atoms with Gasteiger partial charge < -0.3 is 9.30 Å². The molecule has 0 unspecified atom stereocenters. The van der Waals surface area contributed by atoms with Crippen molar-refractivity contribution in [1.29, 1.82) is 0 Å². The van der Waals surface area contributed by atoms with Crippen LogP contribution in [0.15, 0.2) is 48.7 Å². The van der Waals surface area contributed by atoms with Crippen LogP contribution in [0.2, 0.25) is 0 Å². The number of nitrogens with zero attached hydrogens (tertiary/aromatic N) is 3. The van der Waals surface area contributed by atoms with Gasteiger partial charge in [-0.15, -0.1) is 0 Å². The quantitative estimate of drug-likeness (QED) is 0.616. The molecule has 0 spiro atoms. The molecule has 0 atom stereocenters. The van der Waals surface area contributed by atoms with Crippen molar-refractivity contribution in [2.45, 2.75) is 19.4 Å². The number of aromatic nitrogens is 4. The standard InChI is InChI=1S/C20H18N4O/c1-25-16-5-2-4-13(10-16)19-20(24-9-3-6-18(24)22-19)14-7-8-15-12-21-23-17(15)11-14/h2,4-5,7-8,10-12H,3,6,9H2,1H3,(H,21,23). The fourth-order valence-corrected chi connectivity index (χ4v) is 3.67. The third-order valence-corrected chi connectivity index (χ3v) is 4.89. The molecule has 25 heavy (non-hydrogen) atoms. The maximum Gasteiger partial charge on any atom is 0.119 e. The average molecular weight is 330 g/mol. The Kier molecular flexibility index (Phi) is 3.13. The Morgan fingerprint density at radius 2 is 2.08 bits per heavy atom. The molecule has 1 aliphatic rings. The lowest BCUT2D eigenvalue weighted by Gasteiger charge is -2.10. The molecule has 0 bridgehead atoms. The first kappa shape index (κ1) is 14.3. The van der Waals surface area contributed by atoms with Gasteiger partial charge in [0, 0.05) is 29.5 Å². The van der Waals surface area contributed by atoms with E-state index in [4.69, 9.17) is 9.72 Å². The molecular formula is C20H18N4O. The van der Waals surface area contributed by atoms with Crippen LogP contribution in [0.4, 0.5) is 0 Å². The van der Waals surface area contributed by atoms with Gasteiger partial charge in [0.2, 0.25) is 0 Å². The summed E-state index contributed by atoms with van der Waals surface area (Å²) in [6, 6.07) is 14.6. The summed E-state index contributed by atoms with van der Waals surface area (Å²) >= 11 is 0. The van der Waals surface area contributed by atoms with E-state index in [-0.39, 0.29) is 0 Å². The Hall–Kier alpha value is -3.08. The first-order chi connectivity index (χ1) is 12.3. The van der Waals surface area contributed by atoms with Gasteiger partial charge in [0.15, 0.2) is 0 Å². The summed E-state index contributed by atoms with van der Waals surface area (Å²) in [4.78, 5) is 4.96. The number of rotatable bonds is 3. The predicted octanol–water partition coefficient (Wildman–Crippen LogP) is 4.05. The van der Waals surface area contributed by atoms with E-state index in [1.54, 1.807) is 7.11 Å². The van der Waals surface area contributed by atoms with Gasteiger partial charge in [0.05, 0.1) is 30.2 Å². The Labute approximate surface area is 145 Å². The first-order valence-corrected chi connectivity index (χ1v) is 8.51. The highest BCUT2D eigenvalue weighted by molar-refractivity contribution is 5.87. The number of benzene rings is 2. The first-order valence-electron chi connectivity index (χ1n) is 8.51. The second-order valence-corrected chi connectivity index (χ2v) is 6.38. The van der Waals surface area contributed by atoms with E-state index in [0.29, 0.717) is 0 Å². The number of imidazole rings is 1. The molecule has 1 N–H and O–H groups in total. The predicted molar refractivity (Wildman–Crippen MR) is 97.6 cm³/mol. The molecule has 0 radical (unpaired) electrons. The van der Waals surface area contributed by atoms with E-state index in [1.807, 2.05) is 18.3 Å². The number of fused-ring (bicyclic) bond motifs is 2. The summed E-state index contributed by atoms with van der Waals surface area (Å²) in [5, 5.41) is 8.32. The largest absolute Gasteiger partial charge is 0.497 e. The number of aryl methyl sites for hydroxylation is 1. The Morgan fingerprint density at radius 3 is 3.00 bits per heavy atom. The van der Waals surface area contributed by atoms with Gasteiger partial charge in [-0.2, -0.15) is 5.10 Å². The molecule has 0 fully saturated rings. The topological polar surface area (TPSA) is 55.7 Å². The molecule has 0 aliphatic carbocycles. The highest BCUT2D eigenvalue weighted by Gasteiger charge is 2.23. The molecule has 1 aliphatic heterocycles. The minimum atomic E-state index is 0.848. The highest BCUT2D eigenvalue weighted by atomic mass is 16.5. The minimum absolute atomic E-state index is 0.848. The zero-order valence-electron chi connectivity index (χ0n) is 14.0. The number of nitrogens with one attached hydrogen (secondary N) is 1. The van der Waals surface area contributed by atoms with Crippen LogP contribution < -0.4 is 4.74 Å². The number of aromatic amines is 1. The fraction of sp³-hybridized carbons (Fsp3) is 0.200. The van der Waals surface area contributed by atoms with Crippen LogP contribution in [0, 0.1) is 0 Å². The Balaban J connectivity index is 1.74. The molecule has 124 valence electrons. The molecule has 5 nitrogen and oxygen atoms in total. The molecule has 5 heteroatoms. The third kappa shape index (κ3) is 2.23. The van der Waals surface area contributed by atoms with Gasteiger partial charge >= 0.3 is 0 Å². The number of ether oxygens (including phenoxy) is 1. The molecule has 2 aromatic heterocycles. The third-order valence-electron chi connectivity index (χ3n) is 4.89. The van der Waals surface area contributed by atoms with E-state index in [0.717, 1.165) is 58.7 Å². The van der Waals surface area contributed by atoms with Crippen LogP contribution in [0.3, 0.4) is 0 Å². The van der Waals surface area contributed by atoms with E-state index in [9.17, 15) is 0 Å². The molecule has 0 saturated carbocycles. The van der Waals surface area contributed by atoms with Crippen LogP contribution in [0.25, 0.3) is 33.4 Å². The summed E-state index contributed by atoms with van der Waals surface area (Å²) in [6.07, 6.45) is 4.03. The summed E-state index contributed by atoms with van der Waals surface area (Å²) in [6.45, 7) is 1.02. The van der Waals surface area contributed by atoms with Gasteiger partial charge in [-0.25, -0.2) is 4.98 Å². The summed E-state index contributed by atoms with van der Waals surface area (Å²) < 4.78 is 7.75. The van der Waals surface area contributed by atoms with Gasteiger partial charge in [-0.1, -0.05) is 24.3 Å². The maximum absolute atomic E-state index is 5.40. The van der Waals surface area contributed by atoms with Crippen molar-refractivity contribution >= 4 is 10.9 Å². The highest BCUT2D eigenvalue weighted by Crippen LogP contribution is 2.37. The normalized spacial score (nSPS) is 13.3. The lowest BCUT2D eigenvalue weighted by atomic mass is 10.0. The number of H-pyrrole nitrogens is 1. The van der Waals surface area contributed by atoms with Crippen LogP contribution >= 0.6 is 0 Å². The zero-order valence-corrected chi connectivity index (χ0v) is 14.0. The SMILES string of the molecule is COc1cccc(-c2nc3n(c2-c2ccc4cn[nH]c4c2)CCC3)c1. The van der Waals surface area contributed by atoms with Crippen molar-refractivity contribution in [1.82, 2.24) is 19.7 Å². The zero-order chi connectivity index (χ0) is 16.8. The van der Waals surface area contributed by atoms with Crippen molar-refractivity contribution in [2.24, 2.45) is 0 Å². The van der Waals surface area contributed by atoms with Crippen molar-refractivity contribution in [3.63, 3.8) is 0 Å². The second-order valence-electron chi connectivity index (χ2n) is 6.38. The molecule has 0 amide bonds. The van der Waals surface area contributed by atoms with E-state index in [1.165, 1.54) is 5.69 Å². The van der Waals surface area contributed by atoms with Crippen molar-refractivity contribution < 1.29 is 4.74 Å². The van der Waals surface area contributed by atoms with Crippen molar-refractivity contribution in [3.05, 3.63) is 54.5 Å². The molecule has 3 heterocycles. The molecular weight excluding hydrogens is 312 g/mol. The number of hydrogen-bond donors (Lipinski definition) is 1. The number of hydrogen-bond acceptors (Lipinski definition) is 3. The van der Waals surface area contributed by atoms with Gasteiger partial charge in [-0.3, -0.25) is 5.10 Å². The van der Waals surface area contributed by atoms with Crippen LogP contribution in [-0.4, -0.2) is 26.9 Å². The Bertz CT molecular complexity index is 1080. The van der Waals surface area contributed by atoms with E-state index in [2.05, 4.69) is 45.1 Å². The smallest absolute Gasteiger partial charge is 0.119 e. The van der Waals surface area contributed by atoms with Crippen LogP contribution in [0.5, 0.6) is 5.75 Å². The van der Waals surface area contributed by atoms with Gasteiger partial charge in [-0.05, 0) is 24.6 Å². The van der Waals surface area contributed by atoms with Crippen LogP contribution in [0.1, 0.15) is 12.2 Å². The molecule has 0 saturated heterocycles. The maximum atomic E-state index is 5.40. The summed E-state index contributed by atoms with van der Waals surface area (Å²) in [5.41, 5.74) is 5.49. The monoisotopic (exact) mass is 330 g/mol. The summed E-state index contributed by atoms with van der Waals surface area (Å²) in [7, 11) is 1.69. The minimum Gasteiger partial charge on any atom is -0.497 e. The van der Waals surface area contributed by atoms with E-state index < -0.39 is 0 Å². The van der Waals surface area contributed by atoms with Crippen molar-refractivity contribution in [2.75, 3.05) is 7.11 Å². The molecule has 5 rings (SSSR count). The fourth-order valence-electron chi connectivity index (χ4n) is 3.67. The second kappa shape index (κ2) is 5.48. The Morgan fingerprint density at radius 1 is 1.12 bits per heavy atom. The van der Waals surface area contributed by atoms with Gasteiger partial charge in [0.25, 0.3) is 0 Å². The lowest BCUT2D eigenvalue weighted by molar-refractivity contribution is 0.415. The van der Waals surface area contributed by atoms with E-state index >= 15 is 0 Å². The number of methoxy groups -OCH3 is 1. The average Bonchev–Trinajstić information content (AvgIpc) is 3.36.